The predicted octanol–water partition coefficient (Wildman–Crippen LogP) is 3.80. The monoisotopic (exact) mass is 346 g/mol. The summed E-state index contributed by atoms with van der Waals surface area (Å²) in [4.78, 5) is 0. The van der Waals surface area contributed by atoms with E-state index in [1.54, 1.807) is 18.2 Å². The third-order valence-electron chi connectivity index (χ3n) is 3.45. The maximum Gasteiger partial charge on any atom is 0.0717 e. The molecule has 0 heterocycles. The number of benzene rings is 1. The fraction of sp³-hybridized carbons (Fsp3) is 0.429. The van der Waals surface area contributed by atoms with E-state index in [0.29, 0.717) is 52.9 Å². The van der Waals surface area contributed by atoms with E-state index in [1.165, 1.54) is 0 Å². The van der Waals surface area contributed by atoms with Crippen LogP contribution in [0.5, 0.6) is 0 Å². The average molecular weight is 346 g/mol. The van der Waals surface area contributed by atoms with Gasteiger partial charge in [-0.3, -0.25) is 0 Å². The molecule has 0 aromatic heterocycles. The molecule has 25 heavy (non-hydrogen) atoms. The van der Waals surface area contributed by atoms with Gasteiger partial charge in [0.05, 0.1) is 58.3 Å². The Morgan fingerprint density at radius 1 is 0.680 bits per heavy atom. The van der Waals surface area contributed by atoms with Crippen molar-refractivity contribution in [2.75, 3.05) is 46.2 Å². The lowest BCUT2D eigenvalue weighted by Crippen LogP contribution is -2.41. The number of rotatable bonds is 16. The maximum absolute atomic E-state index is 5.96. The first-order valence-corrected chi connectivity index (χ1v) is 8.44. The quantitative estimate of drug-likeness (QED) is 0.337. The highest BCUT2D eigenvalue weighted by Gasteiger charge is 2.32. The minimum Gasteiger partial charge on any atom is -0.377 e. The maximum atomic E-state index is 5.96. The van der Waals surface area contributed by atoms with E-state index < -0.39 is 5.41 Å². The Hall–Kier alpha value is -1.72. The van der Waals surface area contributed by atoms with Crippen molar-refractivity contribution < 1.29 is 18.9 Å². The number of hydrogen-bond donors (Lipinski definition) is 0. The normalized spacial score (nSPS) is 11.2. The van der Waals surface area contributed by atoms with Gasteiger partial charge in [-0.25, -0.2) is 0 Å². The van der Waals surface area contributed by atoms with E-state index in [0.717, 1.165) is 5.56 Å². The fourth-order valence-electron chi connectivity index (χ4n) is 2.29. The lowest BCUT2D eigenvalue weighted by Gasteiger charge is -2.32. The van der Waals surface area contributed by atoms with Crippen molar-refractivity contribution in [2.24, 2.45) is 5.41 Å². The Balaban J connectivity index is 2.68. The first kappa shape index (κ1) is 21.3. The number of ether oxygens (including phenoxy) is 4. The van der Waals surface area contributed by atoms with Gasteiger partial charge in [-0.2, -0.15) is 0 Å². The van der Waals surface area contributed by atoms with Gasteiger partial charge >= 0.3 is 0 Å². The molecule has 0 N–H and O–H groups in total. The molecular weight excluding hydrogens is 316 g/mol. The summed E-state index contributed by atoms with van der Waals surface area (Å²) in [5.41, 5.74) is 0.728. The van der Waals surface area contributed by atoms with Crippen LogP contribution < -0.4 is 0 Å². The van der Waals surface area contributed by atoms with Crippen LogP contribution in [0.2, 0.25) is 0 Å². The molecule has 0 saturated heterocycles. The highest BCUT2D eigenvalue weighted by molar-refractivity contribution is 5.13. The first-order chi connectivity index (χ1) is 12.3. The summed E-state index contributed by atoms with van der Waals surface area (Å²) >= 11 is 0. The molecule has 1 aromatic rings. The van der Waals surface area contributed by atoms with Crippen LogP contribution in [0.1, 0.15) is 5.56 Å². The van der Waals surface area contributed by atoms with Gasteiger partial charge in [0, 0.05) is 0 Å². The van der Waals surface area contributed by atoms with Gasteiger partial charge in [0.25, 0.3) is 0 Å². The third-order valence-corrected chi connectivity index (χ3v) is 3.45. The number of hydrogen-bond acceptors (Lipinski definition) is 4. The molecule has 0 aliphatic rings. The van der Waals surface area contributed by atoms with Crippen molar-refractivity contribution >= 4 is 0 Å². The van der Waals surface area contributed by atoms with Crippen molar-refractivity contribution in [1.29, 1.82) is 0 Å². The Kier molecular flexibility index (Phi) is 11.6. The van der Waals surface area contributed by atoms with E-state index in [2.05, 4.69) is 19.7 Å². The molecular formula is C21H30O4. The van der Waals surface area contributed by atoms with E-state index in [-0.39, 0.29) is 0 Å². The lowest BCUT2D eigenvalue weighted by atomic mass is 9.92. The van der Waals surface area contributed by atoms with E-state index >= 15 is 0 Å². The van der Waals surface area contributed by atoms with Crippen molar-refractivity contribution in [3.8, 4) is 0 Å². The standard InChI is InChI=1S/C21H30O4/c1-4-12-22-16-21(17-23-13-5-2,18-24-14-6-3)19-25-15-20-10-8-7-9-11-20/h4-11H,1-3,12-19H2. The van der Waals surface area contributed by atoms with Crippen LogP contribution in [0, 0.1) is 5.41 Å². The van der Waals surface area contributed by atoms with Gasteiger partial charge in [-0.05, 0) is 5.56 Å². The van der Waals surface area contributed by atoms with E-state index in [9.17, 15) is 0 Å². The molecule has 0 radical (unpaired) electrons. The molecule has 0 atom stereocenters. The Labute approximate surface area is 151 Å². The van der Waals surface area contributed by atoms with Gasteiger partial charge in [-0.15, -0.1) is 19.7 Å². The van der Waals surface area contributed by atoms with E-state index in [1.807, 2.05) is 30.3 Å². The minimum absolute atomic E-state index is 0.399. The largest absolute Gasteiger partial charge is 0.377 e. The van der Waals surface area contributed by atoms with Crippen molar-refractivity contribution in [3.63, 3.8) is 0 Å². The minimum atomic E-state index is -0.399. The zero-order valence-electron chi connectivity index (χ0n) is 15.0. The highest BCUT2D eigenvalue weighted by Crippen LogP contribution is 2.21. The summed E-state index contributed by atoms with van der Waals surface area (Å²) in [6.07, 6.45) is 5.18. The molecule has 0 fully saturated rings. The topological polar surface area (TPSA) is 36.9 Å². The van der Waals surface area contributed by atoms with Crippen molar-refractivity contribution in [3.05, 3.63) is 73.9 Å². The molecule has 4 heteroatoms. The molecule has 0 bridgehead atoms. The van der Waals surface area contributed by atoms with Crippen LogP contribution in [-0.2, 0) is 25.6 Å². The predicted molar refractivity (Wildman–Crippen MR) is 102 cm³/mol. The summed E-state index contributed by atoms with van der Waals surface area (Å²) in [6, 6.07) is 10.1. The molecule has 0 aliphatic carbocycles. The molecule has 4 nitrogen and oxygen atoms in total. The fourth-order valence-corrected chi connectivity index (χ4v) is 2.29. The lowest BCUT2D eigenvalue weighted by molar-refractivity contribution is -0.100. The molecule has 0 saturated carbocycles. The first-order valence-electron chi connectivity index (χ1n) is 8.44. The van der Waals surface area contributed by atoms with Gasteiger partial charge in [0.15, 0.2) is 0 Å². The highest BCUT2D eigenvalue weighted by atomic mass is 16.5. The van der Waals surface area contributed by atoms with Gasteiger partial charge in [0.1, 0.15) is 0 Å². The summed E-state index contributed by atoms with van der Waals surface area (Å²) in [5.74, 6) is 0. The summed E-state index contributed by atoms with van der Waals surface area (Å²) < 4.78 is 23.1. The van der Waals surface area contributed by atoms with Crippen LogP contribution in [0.4, 0.5) is 0 Å². The molecule has 0 amide bonds. The summed E-state index contributed by atoms with van der Waals surface area (Å²) in [7, 11) is 0. The molecule has 0 spiro atoms. The van der Waals surface area contributed by atoms with Crippen LogP contribution in [0.15, 0.2) is 68.3 Å². The zero-order chi connectivity index (χ0) is 18.2. The van der Waals surface area contributed by atoms with Crippen molar-refractivity contribution in [1.82, 2.24) is 0 Å². The Bertz CT molecular complexity index is 448. The molecule has 0 unspecified atom stereocenters. The molecule has 1 aromatic carbocycles. The second kappa shape index (κ2) is 13.6. The zero-order valence-corrected chi connectivity index (χ0v) is 15.0. The average Bonchev–Trinajstić information content (AvgIpc) is 2.63. The van der Waals surface area contributed by atoms with Crippen molar-refractivity contribution in [2.45, 2.75) is 6.61 Å². The second-order valence-corrected chi connectivity index (χ2v) is 5.89. The Morgan fingerprint density at radius 3 is 1.56 bits per heavy atom. The SMILES string of the molecule is C=CCOCC(COCC=C)(COCC=C)COCc1ccccc1. The van der Waals surface area contributed by atoms with Gasteiger partial charge < -0.3 is 18.9 Å². The van der Waals surface area contributed by atoms with Crippen LogP contribution in [0.3, 0.4) is 0 Å². The molecule has 1 rings (SSSR count). The second-order valence-electron chi connectivity index (χ2n) is 5.89. The summed E-state index contributed by atoms with van der Waals surface area (Å²) in [5, 5.41) is 0. The smallest absolute Gasteiger partial charge is 0.0717 e. The van der Waals surface area contributed by atoms with Gasteiger partial charge in [0.2, 0.25) is 0 Å². The molecule has 0 aliphatic heterocycles. The molecule has 138 valence electrons. The van der Waals surface area contributed by atoms with Gasteiger partial charge in [-0.1, -0.05) is 48.6 Å². The van der Waals surface area contributed by atoms with Crippen LogP contribution in [-0.4, -0.2) is 46.2 Å². The van der Waals surface area contributed by atoms with Crippen LogP contribution in [0.25, 0.3) is 0 Å². The van der Waals surface area contributed by atoms with Crippen LogP contribution >= 0.6 is 0 Å². The third kappa shape index (κ3) is 9.37. The summed E-state index contributed by atoms with van der Waals surface area (Å²) in [6.45, 7) is 14.9. The van der Waals surface area contributed by atoms with E-state index in [4.69, 9.17) is 18.9 Å². The Morgan fingerprint density at radius 2 is 1.12 bits per heavy atom.